The Labute approximate surface area is 209 Å². The van der Waals surface area contributed by atoms with Crippen LogP contribution in [0.2, 0.25) is 0 Å². The summed E-state index contributed by atoms with van der Waals surface area (Å²) in [6.07, 6.45) is 5.49. The summed E-state index contributed by atoms with van der Waals surface area (Å²) in [5.41, 5.74) is 2.30. The summed E-state index contributed by atoms with van der Waals surface area (Å²) in [7, 11) is 0. The van der Waals surface area contributed by atoms with Gasteiger partial charge in [-0.05, 0) is 35.8 Å². The topological polar surface area (TPSA) is 87.3 Å². The third kappa shape index (κ3) is 9.77. The number of hydrogen-bond acceptors (Lipinski definition) is 3. The second-order valence-electron chi connectivity index (χ2n) is 9.58. The molecule has 0 saturated carbocycles. The van der Waals surface area contributed by atoms with E-state index < -0.39 is 12.1 Å². The number of amides is 3. The molecule has 2 rings (SSSR count). The van der Waals surface area contributed by atoms with E-state index in [1.165, 1.54) is 12.5 Å². The van der Waals surface area contributed by atoms with Crippen LogP contribution in [0, 0.1) is 11.8 Å². The molecule has 0 aliphatic heterocycles. The highest BCUT2D eigenvalue weighted by molar-refractivity contribution is 5.92. The van der Waals surface area contributed by atoms with E-state index in [-0.39, 0.29) is 35.6 Å². The molecule has 6 heteroatoms. The van der Waals surface area contributed by atoms with Crippen LogP contribution >= 0.6 is 0 Å². The zero-order valence-electron chi connectivity index (χ0n) is 21.5. The number of nitrogens with one attached hydrogen (secondary N) is 3. The third-order valence-corrected chi connectivity index (χ3v) is 5.75. The van der Waals surface area contributed by atoms with E-state index in [2.05, 4.69) is 34.2 Å². The summed E-state index contributed by atoms with van der Waals surface area (Å²) in [5.74, 6) is -1.13. The van der Waals surface area contributed by atoms with E-state index in [4.69, 9.17) is 0 Å². The van der Waals surface area contributed by atoms with Crippen LogP contribution in [0.1, 0.15) is 45.7 Å². The van der Waals surface area contributed by atoms with Crippen molar-refractivity contribution >= 4 is 17.7 Å². The minimum absolute atomic E-state index is 0.110. The van der Waals surface area contributed by atoms with Gasteiger partial charge in [0.15, 0.2) is 0 Å². The summed E-state index contributed by atoms with van der Waals surface area (Å²) in [6, 6.07) is 18.5. The van der Waals surface area contributed by atoms with Crippen LogP contribution in [0.25, 0.3) is 0 Å². The Hall–Kier alpha value is -3.41. The van der Waals surface area contributed by atoms with E-state index in [0.717, 1.165) is 12.0 Å². The van der Waals surface area contributed by atoms with Crippen molar-refractivity contribution in [1.82, 2.24) is 16.0 Å². The monoisotopic (exact) mass is 477 g/mol. The highest BCUT2D eigenvalue weighted by Gasteiger charge is 2.30. The van der Waals surface area contributed by atoms with Crippen LogP contribution in [-0.4, -0.2) is 35.8 Å². The van der Waals surface area contributed by atoms with Crippen molar-refractivity contribution in [3.05, 3.63) is 83.9 Å². The van der Waals surface area contributed by atoms with Crippen LogP contribution in [-0.2, 0) is 27.2 Å². The Morgan fingerprint density at radius 3 is 1.71 bits per heavy atom. The molecule has 188 valence electrons. The van der Waals surface area contributed by atoms with E-state index in [9.17, 15) is 14.4 Å². The molecule has 0 spiro atoms. The molecule has 35 heavy (non-hydrogen) atoms. The van der Waals surface area contributed by atoms with Gasteiger partial charge < -0.3 is 16.0 Å². The van der Waals surface area contributed by atoms with Gasteiger partial charge in [-0.2, -0.15) is 0 Å². The fraction of sp³-hybridized carbons (Fsp3) is 0.414. The van der Waals surface area contributed by atoms with Crippen molar-refractivity contribution in [3.8, 4) is 0 Å². The molecule has 6 nitrogen and oxygen atoms in total. The van der Waals surface area contributed by atoms with Crippen LogP contribution in [0.3, 0.4) is 0 Å². The fourth-order valence-electron chi connectivity index (χ4n) is 3.82. The minimum Gasteiger partial charge on any atom is -0.348 e. The normalized spacial score (nSPS) is 13.9. The fourth-order valence-corrected chi connectivity index (χ4v) is 3.82. The molecule has 2 aromatic carbocycles. The number of carbonyl (C=O) groups is 3. The van der Waals surface area contributed by atoms with Crippen molar-refractivity contribution in [2.24, 2.45) is 11.8 Å². The highest BCUT2D eigenvalue weighted by Crippen LogP contribution is 2.10. The van der Waals surface area contributed by atoms with Gasteiger partial charge in [-0.15, -0.1) is 0 Å². The van der Waals surface area contributed by atoms with Gasteiger partial charge >= 0.3 is 0 Å². The van der Waals surface area contributed by atoms with Gasteiger partial charge in [0.1, 0.15) is 12.1 Å². The highest BCUT2D eigenvalue weighted by atomic mass is 16.2. The molecule has 0 bridgehead atoms. The SMILES string of the molecule is CC(=O)NC(C(=O)NC(C(=O)NC(/C=C/Cc1ccccc1)Cc1ccccc1)C(C)C)C(C)C. The average Bonchev–Trinajstić information content (AvgIpc) is 2.81. The second-order valence-corrected chi connectivity index (χ2v) is 9.58. The van der Waals surface area contributed by atoms with Gasteiger partial charge in [-0.1, -0.05) is 101 Å². The third-order valence-electron chi connectivity index (χ3n) is 5.75. The molecular formula is C29H39N3O3. The minimum atomic E-state index is -0.724. The lowest BCUT2D eigenvalue weighted by Crippen LogP contribution is -2.57. The van der Waals surface area contributed by atoms with Gasteiger partial charge in [0.25, 0.3) is 0 Å². The molecule has 0 aliphatic rings. The van der Waals surface area contributed by atoms with Crippen molar-refractivity contribution < 1.29 is 14.4 Å². The maximum atomic E-state index is 13.3. The van der Waals surface area contributed by atoms with Crippen LogP contribution < -0.4 is 16.0 Å². The zero-order valence-corrected chi connectivity index (χ0v) is 21.5. The molecule has 0 radical (unpaired) electrons. The quantitative estimate of drug-likeness (QED) is 0.406. The lowest BCUT2D eigenvalue weighted by Gasteiger charge is -2.28. The molecule has 0 aromatic heterocycles. The molecule has 0 aliphatic carbocycles. The summed E-state index contributed by atoms with van der Waals surface area (Å²) in [5, 5.41) is 8.67. The molecule has 0 heterocycles. The van der Waals surface area contributed by atoms with Gasteiger partial charge in [0.2, 0.25) is 17.7 Å². The largest absolute Gasteiger partial charge is 0.348 e. The molecule has 2 aromatic rings. The molecule has 3 amide bonds. The summed E-state index contributed by atoms with van der Waals surface area (Å²) >= 11 is 0. The van der Waals surface area contributed by atoms with E-state index in [1.54, 1.807) is 0 Å². The van der Waals surface area contributed by atoms with Gasteiger partial charge in [0.05, 0.1) is 6.04 Å². The predicted molar refractivity (Wildman–Crippen MR) is 141 cm³/mol. The number of hydrogen-bond donors (Lipinski definition) is 3. The Morgan fingerprint density at radius 1 is 0.714 bits per heavy atom. The van der Waals surface area contributed by atoms with E-state index >= 15 is 0 Å². The molecule has 0 fully saturated rings. The lowest BCUT2D eigenvalue weighted by atomic mass is 9.98. The van der Waals surface area contributed by atoms with Crippen molar-refractivity contribution in [1.29, 1.82) is 0 Å². The Kier molecular flexibility index (Phi) is 11.2. The number of benzene rings is 2. The average molecular weight is 478 g/mol. The first-order valence-electron chi connectivity index (χ1n) is 12.3. The van der Waals surface area contributed by atoms with E-state index in [0.29, 0.717) is 6.42 Å². The first-order valence-corrected chi connectivity index (χ1v) is 12.3. The number of rotatable bonds is 12. The first-order chi connectivity index (χ1) is 16.7. The predicted octanol–water partition coefficient (Wildman–Crippen LogP) is 3.81. The number of allylic oxidation sites excluding steroid dienone is 1. The maximum absolute atomic E-state index is 13.3. The molecular weight excluding hydrogens is 438 g/mol. The second kappa shape index (κ2) is 14.1. The van der Waals surface area contributed by atoms with Gasteiger partial charge in [-0.3, -0.25) is 14.4 Å². The van der Waals surface area contributed by atoms with Gasteiger partial charge in [-0.25, -0.2) is 0 Å². The molecule has 3 unspecified atom stereocenters. The Balaban J connectivity index is 2.15. The standard InChI is InChI=1S/C29H39N3O3/c1-20(2)26(30-22(5)33)29(35)32-27(21(3)4)28(34)31-25(19-24-15-10-7-11-16-24)18-12-17-23-13-8-6-9-14-23/h6-16,18,20-21,25-27H,17,19H2,1-5H3,(H,30,33)(H,31,34)(H,32,35)/b18-12+. The van der Waals surface area contributed by atoms with Crippen molar-refractivity contribution in [2.45, 2.75) is 65.6 Å². The lowest BCUT2D eigenvalue weighted by molar-refractivity contribution is -0.133. The van der Waals surface area contributed by atoms with E-state index in [1.807, 2.05) is 82.3 Å². The number of carbonyl (C=O) groups excluding carboxylic acids is 3. The van der Waals surface area contributed by atoms with Crippen LogP contribution in [0.15, 0.2) is 72.8 Å². The summed E-state index contributed by atoms with van der Waals surface area (Å²) in [6.45, 7) is 8.89. The maximum Gasteiger partial charge on any atom is 0.243 e. The van der Waals surface area contributed by atoms with Crippen molar-refractivity contribution in [2.75, 3.05) is 0 Å². The zero-order chi connectivity index (χ0) is 25.8. The van der Waals surface area contributed by atoms with Crippen LogP contribution in [0.5, 0.6) is 0 Å². The van der Waals surface area contributed by atoms with Crippen molar-refractivity contribution in [3.63, 3.8) is 0 Å². The first kappa shape index (κ1) is 27.8. The summed E-state index contributed by atoms with van der Waals surface area (Å²) < 4.78 is 0. The van der Waals surface area contributed by atoms with Crippen LogP contribution in [0.4, 0.5) is 0 Å². The molecule has 3 atom stereocenters. The molecule has 0 saturated heterocycles. The molecule has 3 N–H and O–H groups in total. The Bertz CT molecular complexity index is 971. The summed E-state index contributed by atoms with van der Waals surface area (Å²) in [4.78, 5) is 37.8. The van der Waals surface area contributed by atoms with Gasteiger partial charge in [0, 0.05) is 6.92 Å². The smallest absolute Gasteiger partial charge is 0.243 e. The Morgan fingerprint density at radius 2 is 1.20 bits per heavy atom.